The second kappa shape index (κ2) is 6.15. The molecule has 1 aliphatic heterocycles. The number of amides is 1. The minimum absolute atomic E-state index is 0.417. The Bertz CT molecular complexity index is 780. The van der Waals surface area contributed by atoms with Crippen LogP contribution in [0.1, 0.15) is 39.4 Å². The van der Waals surface area contributed by atoms with Gasteiger partial charge >= 0.3 is 6.09 Å². The monoisotopic (exact) mass is 343 g/mol. The topological polar surface area (TPSA) is 49.8 Å². The van der Waals surface area contributed by atoms with Gasteiger partial charge in [0.1, 0.15) is 5.60 Å². The van der Waals surface area contributed by atoms with Crippen molar-refractivity contribution < 1.29 is 14.6 Å². The number of benzene rings is 2. The van der Waals surface area contributed by atoms with Crippen molar-refractivity contribution in [2.45, 2.75) is 49.2 Å². The molecule has 24 heavy (non-hydrogen) atoms. The lowest BCUT2D eigenvalue weighted by molar-refractivity contribution is 0.0597. The summed E-state index contributed by atoms with van der Waals surface area (Å²) in [6.45, 7) is 7.26. The molecular formula is C19H21NO3S. The molecule has 0 radical (unpaired) electrons. The van der Waals surface area contributed by atoms with Crippen molar-refractivity contribution in [2.75, 3.05) is 4.90 Å². The number of rotatable bonds is 1. The highest BCUT2D eigenvalue weighted by atomic mass is 32.2. The van der Waals surface area contributed by atoms with Crippen LogP contribution in [0.25, 0.3) is 0 Å². The van der Waals surface area contributed by atoms with Crippen LogP contribution in [0.3, 0.4) is 0 Å². The number of hydrogen-bond donors (Lipinski definition) is 1. The number of para-hydroxylation sites is 1. The standard InChI is InChI=1S/C19H21NO3S/c1-12(21)13-9-10-17-15(11-13)20(18(22)23-19(2,3)4)14-7-5-6-8-16(14)24-17/h5-12,21H,1-4H3. The average Bonchev–Trinajstić information content (AvgIpc) is 2.50. The summed E-state index contributed by atoms with van der Waals surface area (Å²) in [5, 5.41) is 9.89. The highest BCUT2D eigenvalue weighted by molar-refractivity contribution is 7.99. The maximum Gasteiger partial charge on any atom is 0.419 e. The molecule has 0 aromatic heterocycles. The summed E-state index contributed by atoms with van der Waals surface area (Å²) in [6, 6.07) is 13.4. The van der Waals surface area contributed by atoms with Crippen LogP contribution in [0, 0.1) is 0 Å². The SMILES string of the molecule is CC(O)c1ccc2c(c1)N(C(=O)OC(C)(C)C)c1ccccc1S2. The molecule has 0 spiro atoms. The van der Waals surface area contributed by atoms with Gasteiger partial charge < -0.3 is 9.84 Å². The van der Waals surface area contributed by atoms with Gasteiger partial charge in [-0.3, -0.25) is 0 Å². The highest BCUT2D eigenvalue weighted by Gasteiger charge is 2.32. The molecule has 0 bridgehead atoms. The van der Waals surface area contributed by atoms with Gasteiger partial charge in [-0.15, -0.1) is 0 Å². The van der Waals surface area contributed by atoms with E-state index < -0.39 is 17.8 Å². The van der Waals surface area contributed by atoms with Crippen molar-refractivity contribution in [3.63, 3.8) is 0 Å². The first-order valence-electron chi connectivity index (χ1n) is 7.88. The molecule has 2 aromatic rings. The molecule has 1 N–H and O–H groups in total. The number of carbonyl (C=O) groups excluding carboxylic acids is 1. The largest absolute Gasteiger partial charge is 0.443 e. The van der Waals surface area contributed by atoms with Crippen molar-refractivity contribution >= 4 is 29.2 Å². The third-order valence-corrected chi connectivity index (χ3v) is 4.74. The van der Waals surface area contributed by atoms with Gasteiger partial charge in [-0.1, -0.05) is 30.0 Å². The van der Waals surface area contributed by atoms with Crippen molar-refractivity contribution in [2.24, 2.45) is 0 Å². The van der Waals surface area contributed by atoms with E-state index in [1.165, 1.54) is 0 Å². The van der Waals surface area contributed by atoms with Gasteiger partial charge in [0, 0.05) is 9.79 Å². The Morgan fingerprint density at radius 2 is 1.79 bits per heavy atom. The number of anilines is 2. The summed E-state index contributed by atoms with van der Waals surface area (Å²) >= 11 is 1.61. The average molecular weight is 343 g/mol. The number of fused-ring (bicyclic) bond motifs is 2. The zero-order valence-corrected chi connectivity index (χ0v) is 15.1. The lowest BCUT2D eigenvalue weighted by atomic mass is 10.1. The Kier molecular flexibility index (Phi) is 4.32. The molecule has 0 saturated carbocycles. The van der Waals surface area contributed by atoms with E-state index in [0.717, 1.165) is 26.7 Å². The molecular weight excluding hydrogens is 322 g/mol. The second-order valence-electron chi connectivity index (χ2n) is 6.79. The van der Waals surface area contributed by atoms with E-state index in [1.807, 2.05) is 63.2 Å². The van der Waals surface area contributed by atoms with Gasteiger partial charge in [-0.25, -0.2) is 9.69 Å². The fraction of sp³-hybridized carbons (Fsp3) is 0.316. The van der Waals surface area contributed by atoms with Gasteiger partial charge in [-0.2, -0.15) is 0 Å². The Morgan fingerprint density at radius 1 is 1.12 bits per heavy atom. The van der Waals surface area contributed by atoms with Crippen molar-refractivity contribution in [1.29, 1.82) is 0 Å². The Hall–Kier alpha value is -1.98. The smallest absolute Gasteiger partial charge is 0.419 e. The number of aliphatic hydroxyl groups is 1. The fourth-order valence-corrected chi connectivity index (χ4v) is 3.57. The molecule has 0 saturated heterocycles. The van der Waals surface area contributed by atoms with Gasteiger partial charge in [0.15, 0.2) is 0 Å². The summed E-state index contributed by atoms with van der Waals surface area (Å²) in [7, 11) is 0. The molecule has 1 aliphatic rings. The summed E-state index contributed by atoms with van der Waals surface area (Å²) in [5.74, 6) is 0. The maximum atomic E-state index is 12.9. The summed E-state index contributed by atoms with van der Waals surface area (Å²) in [5.41, 5.74) is 1.72. The molecule has 4 nitrogen and oxygen atoms in total. The normalized spacial score (nSPS) is 14.6. The molecule has 0 fully saturated rings. The van der Waals surface area contributed by atoms with Crippen LogP contribution < -0.4 is 4.90 Å². The summed E-state index contributed by atoms with van der Waals surface area (Å²) in [4.78, 5) is 16.4. The minimum atomic E-state index is -0.599. The van der Waals surface area contributed by atoms with Crippen LogP contribution in [0.5, 0.6) is 0 Å². The minimum Gasteiger partial charge on any atom is -0.443 e. The van der Waals surface area contributed by atoms with Crippen molar-refractivity contribution in [3.8, 4) is 0 Å². The first-order chi connectivity index (χ1) is 11.3. The van der Waals surface area contributed by atoms with Crippen molar-refractivity contribution in [1.82, 2.24) is 0 Å². The number of nitrogens with zero attached hydrogens (tertiary/aromatic N) is 1. The van der Waals surface area contributed by atoms with E-state index in [4.69, 9.17) is 4.74 Å². The number of hydrogen-bond acceptors (Lipinski definition) is 4. The zero-order valence-electron chi connectivity index (χ0n) is 14.2. The number of carbonyl (C=O) groups is 1. The lowest BCUT2D eigenvalue weighted by Crippen LogP contribution is -2.35. The highest BCUT2D eigenvalue weighted by Crippen LogP contribution is 2.49. The van der Waals surface area contributed by atoms with E-state index in [1.54, 1.807) is 23.6 Å². The molecule has 1 heterocycles. The fourth-order valence-electron chi connectivity index (χ4n) is 2.54. The van der Waals surface area contributed by atoms with Crippen LogP contribution in [-0.2, 0) is 4.74 Å². The number of aliphatic hydroxyl groups excluding tert-OH is 1. The van der Waals surface area contributed by atoms with Gasteiger partial charge in [0.05, 0.1) is 17.5 Å². The van der Waals surface area contributed by atoms with E-state index in [9.17, 15) is 9.90 Å². The van der Waals surface area contributed by atoms with Crippen LogP contribution in [0.2, 0.25) is 0 Å². The second-order valence-corrected chi connectivity index (χ2v) is 7.87. The quantitative estimate of drug-likeness (QED) is 0.765. The van der Waals surface area contributed by atoms with Gasteiger partial charge in [-0.05, 0) is 57.5 Å². The van der Waals surface area contributed by atoms with E-state index in [-0.39, 0.29) is 0 Å². The van der Waals surface area contributed by atoms with E-state index in [2.05, 4.69) is 0 Å². The first kappa shape index (κ1) is 16.9. The first-order valence-corrected chi connectivity index (χ1v) is 8.70. The predicted molar refractivity (Wildman–Crippen MR) is 96.0 cm³/mol. The molecule has 5 heteroatoms. The Balaban J connectivity index is 2.12. The third-order valence-electron chi connectivity index (χ3n) is 3.61. The molecule has 3 rings (SSSR count). The lowest BCUT2D eigenvalue weighted by Gasteiger charge is -2.33. The summed E-state index contributed by atoms with van der Waals surface area (Å²) in [6.07, 6.45) is -1.02. The molecule has 1 atom stereocenters. The van der Waals surface area contributed by atoms with Crippen LogP contribution >= 0.6 is 11.8 Å². The van der Waals surface area contributed by atoms with Crippen LogP contribution in [0.4, 0.5) is 16.2 Å². The predicted octanol–water partition coefficient (Wildman–Crippen LogP) is 5.28. The molecule has 1 unspecified atom stereocenters. The molecule has 0 aliphatic carbocycles. The number of ether oxygens (including phenoxy) is 1. The Labute approximate surface area is 146 Å². The third kappa shape index (κ3) is 3.28. The maximum absolute atomic E-state index is 12.9. The molecule has 1 amide bonds. The molecule has 2 aromatic carbocycles. The van der Waals surface area contributed by atoms with Crippen LogP contribution in [0.15, 0.2) is 52.3 Å². The van der Waals surface area contributed by atoms with Gasteiger partial charge in [0.2, 0.25) is 0 Å². The van der Waals surface area contributed by atoms with E-state index >= 15 is 0 Å². The van der Waals surface area contributed by atoms with Crippen LogP contribution in [-0.4, -0.2) is 16.8 Å². The van der Waals surface area contributed by atoms with Crippen molar-refractivity contribution in [3.05, 3.63) is 48.0 Å². The Morgan fingerprint density at radius 3 is 2.46 bits per heavy atom. The summed E-state index contributed by atoms with van der Waals surface area (Å²) < 4.78 is 5.61. The molecule has 126 valence electrons. The van der Waals surface area contributed by atoms with E-state index in [0.29, 0.717) is 0 Å². The van der Waals surface area contributed by atoms with Gasteiger partial charge in [0.25, 0.3) is 0 Å². The zero-order chi connectivity index (χ0) is 17.5.